The smallest absolute Gasteiger partial charge is 0.0859 e. The van der Waals surface area contributed by atoms with E-state index in [9.17, 15) is 5.21 Å². The van der Waals surface area contributed by atoms with Crippen LogP contribution in [0.3, 0.4) is 0 Å². The fraction of sp³-hybridized carbons (Fsp3) is 0.714. The summed E-state index contributed by atoms with van der Waals surface area (Å²) >= 11 is 0. The number of likely N-dealkylation sites (tertiary alicyclic amines) is 1. The number of piperidine rings is 1. The standard InChI is InChI=1S/C21H35NO/c1-16-7-8-18(3)22(23,14-16)15-17(2)13-19-9-11-20(12-10-19)21(4,5)6/h9-12,16-18H,7-8,13-15H2,1-6H3. The van der Waals surface area contributed by atoms with Crippen molar-refractivity contribution in [3.63, 3.8) is 0 Å². The average Bonchev–Trinajstić information content (AvgIpc) is 2.42. The van der Waals surface area contributed by atoms with Crippen LogP contribution in [-0.2, 0) is 11.8 Å². The molecule has 1 heterocycles. The molecular weight excluding hydrogens is 282 g/mol. The monoisotopic (exact) mass is 317 g/mol. The average molecular weight is 318 g/mol. The summed E-state index contributed by atoms with van der Waals surface area (Å²) in [6.45, 7) is 14.9. The molecule has 0 radical (unpaired) electrons. The molecule has 0 aliphatic carbocycles. The van der Waals surface area contributed by atoms with Gasteiger partial charge in [0.2, 0.25) is 0 Å². The molecule has 1 saturated heterocycles. The summed E-state index contributed by atoms with van der Waals surface area (Å²) in [7, 11) is 0. The molecule has 4 atom stereocenters. The molecule has 0 saturated carbocycles. The maximum absolute atomic E-state index is 13.2. The lowest BCUT2D eigenvalue weighted by Gasteiger charge is -2.53. The Hall–Kier alpha value is -0.860. The van der Waals surface area contributed by atoms with Gasteiger partial charge >= 0.3 is 0 Å². The number of benzene rings is 1. The predicted molar refractivity (Wildman–Crippen MR) is 99.2 cm³/mol. The summed E-state index contributed by atoms with van der Waals surface area (Å²) in [5.41, 5.74) is 2.93. The van der Waals surface area contributed by atoms with E-state index < -0.39 is 0 Å². The van der Waals surface area contributed by atoms with Crippen molar-refractivity contribution < 1.29 is 4.65 Å². The van der Waals surface area contributed by atoms with Crippen LogP contribution in [0.25, 0.3) is 0 Å². The van der Waals surface area contributed by atoms with Crippen molar-refractivity contribution in [1.29, 1.82) is 0 Å². The Morgan fingerprint density at radius 3 is 2.30 bits per heavy atom. The van der Waals surface area contributed by atoms with Crippen LogP contribution in [-0.4, -0.2) is 23.8 Å². The molecule has 130 valence electrons. The van der Waals surface area contributed by atoms with Crippen molar-refractivity contribution >= 4 is 0 Å². The largest absolute Gasteiger partial charge is 0.633 e. The van der Waals surface area contributed by atoms with Crippen molar-refractivity contribution in [2.45, 2.75) is 72.3 Å². The highest BCUT2D eigenvalue weighted by Crippen LogP contribution is 2.30. The first-order valence-corrected chi connectivity index (χ1v) is 9.27. The van der Waals surface area contributed by atoms with E-state index in [2.05, 4.69) is 65.8 Å². The molecule has 1 aromatic rings. The van der Waals surface area contributed by atoms with Gasteiger partial charge in [-0.15, -0.1) is 0 Å². The fourth-order valence-electron chi connectivity index (χ4n) is 3.95. The van der Waals surface area contributed by atoms with Crippen molar-refractivity contribution in [3.8, 4) is 0 Å². The minimum Gasteiger partial charge on any atom is -0.633 e. The van der Waals surface area contributed by atoms with Gasteiger partial charge in [-0.05, 0) is 42.7 Å². The zero-order valence-electron chi connectivity index (χ0n) is 15.9. The maximum Gasteiger partial charge on any atom is 0.0859 e. The number of hydrogen-bond acceptors (Lipinski definition) is 1. The van der Waals surface area contributed by atoms with Crippen LogP contribution in [0.15, 0.2) is 24.3 Å². The van der Waals surface area contributed by atoms with Crippen LogP contribution in [0.2, 0.25) is 0 Å². The third-order valence-electron chi connectivity index (χ3n) is 5.53. The highest BCUT2D eigenvalue weighted by Gasteiger charge is 2.33. The first-order valence-electron chi connectivity index (χ1n) is 9.27. The van der Waals surface area contributed by atoms with E-state index in [1.807, 2.05) is 0 Å². The SMILES string of the molecule is CC1CCC(C)[N+]([O-])(CC(C)Cc2ccc(C(C)(C)C)cc2)C1. The molecule has 1 aliphatic heterocycles. The fourth-order valence-corrected chi connectivity index (χ4v) is 3.95. The number of hydroxylamine groups is 3. The second kappa shape index (κ2) is 6.94. The third kappa shape index (κ3) is 4.81. The van der Waals surface area contributed by atoms with E-state index in [0.717, 1.165) is 25.9 Å². The number of quaternary nitrogens is 1. The Kier molecular flexibility index (Phi) is 5.58. The highest BCUT2D eigenvalue weighted by atomic mass is 16.5. The number of nitrogens with zero attached hydrogens (tertiary/aromatic N) is 1. The lowest BCUT2D eigenvalue weighted by atomic mass is 9.86. The van der Waals surface area contributed by atoms with Gasteiger partial charge in [-0.2, -0.15) is 0 Å². The van der Waals surface area contributed by atoms with Gasteiger partial charge in [0.1, 0.15) is 0 Å². The molecule has 1 fully saturated rings. The first-order chi connectivity index (χ1) is 10.6. The topological polar surface area (TPSA) is 23.1 Å². The van der Waals surface area contributed by atoms with Gasteiger partial charge in [0.15, 0.2) is 0 Å². The molecule has 1 aromatic carbocycles. The summed E-state index contributed by atoms with van der Waals surface area (Å²) in [6.07, 6.45) is 3.30. The summed E-state index contributed by atoms with van der Waals surface area (Å²) in [5.74, 6) is 1.00. The van der Waals surface area contributed by atoms with Crippen LogP contribution in [0.1, 0.15) is 65.5 Å². The van der Waals surface area contributed by atoms with Crippen LogP contribution in [0.4, 0.5) is 0 Å². The van der Waals surface area contributed by atoms with Gasteiger partial charge in [-0.25, -0.2) is 0 Å². The molecular formula is C21H35NO. The molecule has 0 amide bonds. The molecule has 4 unspecified atom stereocenters. The number of hydrogen-bond donors (Lipinski definition) is 0. The minimum absolute atomic E-state index is 0.0163. The summed E-state index contributed by atoms with van der Waals surface area (Å²) in [6, 6.07) is 9.24. The van der Waals surface area contributed by atoms with Crippen LogP contribution in [0.5, 0.6) is 0 Å². The normalized spacial score (nSPS) is 30.2. The molecule has 2 nitrogen and oxygen atoms in total. The van der Waals surface area contributed by atoms with E-state index in [4.69, 9.17) is 0 Å². The molecule has 0 aromatic heterocycles. The molecule has 1 aliphatic rings. The quantitative estimate of drug-likeness (QED) is 0.546. The van der Waals surface area contributed by atoms with E-state index in [1.54, 1.807) is 0 Å². The molecule has 2 rings (SSSR count). The van der Waals surface area contributed by atoms with Gasteiger partial charge < -0.3 is 9.85 Å². The van der Waals surface area contributed by atoms with Crippen molar-refractivity contribution in [2.24, 2.45) is 11.8 Å². The lowest BCUT2D eigenvalue weighted by molar-refractivity contribution is -0.915. The van der Waals surface area contributed by atoms with Crippen molar-refractivity contribution in [3.05, 3.63) is 40.6 Å². The zero-order chi connectivity index (χ0) is 17.3. The zero-order valence-corrected chi connectivity index (χ0v) is 15.9. The molecule has 0 spiro atoms. The van der Waals surface area contributed by atoms with E-state index >= 15 is 0 Å². The van der Waals surface area contributed by atoms with E-state index in [0.29, 0.717) is 11.8 Å². The first kappa shape index (κ1) is 18.5. The molecule has 0 N–H and O–H groups in total. The Bertz CT molecular complexity index is 502. The Morgan fingerprint density at radius 1 is 1.13 bits per heavy atom. The van der Waals surface area contributed by atoms with E-state index in [1.165, 1.54) is 17.5 Å². The van der Waals surface area contributed by atoms with Crippen molar-refractivity contribution in [2.75, 3.05) is 13.1 Å². The highest BCUT2D eigenvalue weighted by molar-refractivity contribution is 5.27. The summed E-state index contributed by atoms with van der Waals surface area (Å²) < 4.78 is 0.0163. The van der Waals surface area contributed by atoms with Gasteiger partial charge in [0.25, 0.3) is 0 Å². The Labute approximate surface area is 143 Å². The van der Waals surface area contributed by atoms with Gasteiger partial charge in [0, 0.05) is 11.8 Å². The lowest BCUT2D eigenvalue weighted by Crippen LogP contribution is -2.56. The van der Waals surface area contributed by atoms with Gasteiger partial charge in [-0.1, -0.05) is 58.9 Å². The predicted octanol–water partition coefficient (Wildman–Crippen LogP) is 5.30. The second-order valence-electron chi connectivity index (χ2n) is 9.11. The molecule has 0 bridgehead atoms. The molecule has 2 heteroatoms. The Balaban J connectivity index is 1.97. The summed E-state index contributed by atoms with van der Waals surface area (Å²) in [4.78, 5) is 0. The second-order valence-corrected chi connectivity index (χ2v) is 9.11. The van der Waals surface area contributed by atoms with Crippen LogP contribution >= 0.6 is 0 Å². The van der Waals surface area contributed by atoms with Gasteiger partial charge in [-0.3, -0.25) is 0 Å². The third-order valence-corrected chi connectivity index (χ3v) is 5.53. The van der Waals surface area contributed by atoms with E-state index in [-0.39, 0.29) is 16.1 Å². The Morgan fingerprint density at radius 2 is 1.74 bits per heavy atom. The minimum atomic E-state index is 0.0163. The van der Waals surface area contributed by atoms with Crippen LogP contribution in [0, 0.1) is 17.0 Å². The maximum atomic E-state index is 13.2. The molecule has 23 heavy (non-hydrogen) atoms. The number of rotatable bonds is 4. The van der Waals surface area contributed by atoms with Crippen LogP contribution < -0.4 is 0 Å². The summed E-state index contributed by atoms with van der Waals surface area (Å²) in [5, 5.41) is 13.2. The van der Waals surface area contributed by atoms with Gasteiger partial charge in [0.05, 0.1) is 19.1 Å². The van der Waals surface area contributed by atoms with Crippen molar-refractivity contribution in [1.82, 2.24) is 0 Å².